The van der Waals surface area contributed by atoms with Crippen LogP contribution in [0.4, 0.5) is 10.5 Å². The van der Waals surface area contributed by atoms with E-state index in [1.54, 1.807) is 24.3 Å². The van der Waals surface area contributed by atoms with Crippen LogP contribution in [0.5, 0.6) is 0 Å². The highest BCUT2D eigenvalue weighted by molar-refractivity contribution is 7.89. The SMILES string of the molecule is CS(=O)(=O)Cc1ccccc1NC(=O)NC1CCCCC1. The zero-order valence-electron chi connectivity index (χ0n) is 12.3. The van der Waals surface area contributed by atoms with Crippen molar-refractivity contribution in [3.63, 3.8) is 0 Å². The molecule has 116 valence electrons. The molecule has 1 aliphatic carbocycles. The molecule has 0 saturated heterocycles. The fourth-order valence-electron chi connectivity index (χ4n) is 2.64. The maximum atomic E-state index is 12.0. The molecule has 1 aromatic carbocycles. The molecule has 0 atom stereocenters. The molecule has 0 heterocycles. The van der Waals surface area contributed by atoms with Crippen molar-refractivity contribution >= 4 is 21.6 Å². The van der Waals surface area contributed by atoms with Gasteiger partial charge in [0, 0.05) is 18.0 Å². The van der Waals surface area contributed by atoms with Gasteiger partial charge in [0.1, 0.15) is 0 Å². The third-order valence-electron chi connectivity index (χ3n) is 3.62. The lowest BCUT2D eigenvalue weighted by Crippen LogP contribution is -2.39. The van der Waals surface area contributed by atoms with E-state index in [1.807, 2.05) is 0 Å². The molecule has 0 aromatic heterocycles. The Morgan fingerprint density at radius 1 is 1.19 bits per heavy atom. The predicted molar refractivity (Wildman–Crippen MR) is 84.0 cm³/mol. The van der Waals surface area contributed by atoms with Crippen molar-refractivity contribution < 1.29 is 13.2 Å². The highest BCUT2D eigenvalue weighted by Crippen LogP contribution is 2.19. The van der Waals surface area contributed by atoms with E-state index in [1.165, 1.54) is 12.7 Å². The number of nitrogens with one attached hydrogen (secondary N) is 2. The van der Waals surface area contributed by atoms with Crippen LogP contribution in [-0.2, 0) is 15.6 Å². The minimum atomic E-state index is -3.13. The van der Waals surface area contributed by atoms with Gasteiger partial charge in [0.15, 0.2) is 9.84 Å². The number of amides is 2. The Balaban J connectivity index is 2.00. The van der Waals surface area contributed by atoms with Crippen LogP contribution in [0.2, 0.25) is 0 Å². The van der Waals surface area contributed by atoms with Crippen LogP contribution in [0, 0.1) is 0 Å². The molecule has 1 saturated carbocycles. The molecule has 0 aliphatic heterocycles. The van der Waals surface area contributed by atoms with Crippen molar-refractivity contribution in [2.24, 2.45) is 0 Å². The van der Waals surface area contributed by atoms with Crippen LogP contribution in [0.15, 0.2) is 24.3 Å². The summed E-state index contributed by atoms with van der Waals surface area (Å²) in [6, 6.07) is 6.95. The van der Waals surface area contributed by atoms with E-state index in [0.29, 0.717) is 11.3 Å². The van der Waals surface area contributed by atoms with E-state index in [-0.39, 0.29) is 17.8 Å². The van der Waals surface area contributed by atoms with Crippen molar-refractivity contribution in [2.75, 3.05) is 11.6 Å². The summed E-state index contributed by atoms with van der Waals surface area (Å²) in [6.45, 7) is 0. The van der Waals surface area contributed by atoms with Gasteiger partial charge in [0.2, 0.25) is 0 Å². The van der Waals surface area contributed by atoms with Crippen molar-refractivity contribution in [3.05, 3.63) is 29.8 Å². The van der Waals surface area contributed by atoms with Crippen LogP contribution in [-0.4, -0.2) is 26.7 Å². The summed E-state index contributed by atoms with van der Waals surface area (Å²) in [5, 5.41) is 5.72. The normalized spacial score (nSPS) is 16.4. The Hall–Kier alpha value is -1.56. The highest BCUT2D eigenvalue weighted by Gasteiger charge is 2.16. The van der Waals surface area contributed by atoms with Gasteiger partial charge in [-0.15, -0.1) is 0 Å². The lowest BCUT2D eigenvalue weighted by Gasteiger charge is -2.23. The Labute approximate surface area is 126 Å². The minimum Gasteiger partial charge on any atom is -0.335 e. The van der Waals surface area contributed by atoms with Crippen molar-refractivity contribution in [2.45, 2.75) is 43.9 Å². The maximum Gasteiger partial charge on any atom is 0.319 e. The zero-order valence-corrected chi connectivity index (χ0v) is 13.1. The molecule has 5 nitrogen and oxygen atoms in total. The van der Waals surface area contributed by atoms with Gasteiger partial charge in [0.05, 0.1) is 5.75 Å². The molecule has 1 fully saturated rings. The number of para-hydroxylation sites is 1. The molecule has 2 N–H and O–H groups in total. The molecule has 2 rings (SSSR count). The fraction of sp³-hybridized carbons (Fsp3) is 0.533. The summed E-state index contributed by atoms with van der Waals surface area (Å²) in [5.41, 5.74) is 1.16. The first-order chi connectivity index (χ1) is 9.94. The van der Waals surface area contributed by atoms with E-state index < -0.39 is 9.84 Å². The molecule has 1 aliphatic rings. The monoisotopic (exact) mass is 310 g/mol. The first-order valence-corrected chi connectivity index (χ1v) is 9.33. The number of hydrogen-bond acceptors (Lipinski definition) is 3. The van der Waals surface area contributed by atoms with E-state index in [4.69, 9.17) is 0 Å². The smallest absolute Gasteiger partial charge is 0.319 e. The van der Waals surface area contributed by atoms with Gasteiger partial charge in [-0.25, -0.2) is 13.2 Å². The second kappa shape index (κ2) is 6.93. The number of hydrogen-bond donors (Lipinski definition) is 2. The van der Waals surface area contributed by atoms with E-state index in [2.05, 4.69) is 10.6 Å². The summed E-state index contributed by atoms with van der Waals surface area (Å²) in [6.07, 6.45) is 6.74. The Bertz CT molecular complexity index is 593. The summed E-state index contributed by atoms with van der Waals surface area (Å²) < 4.78 is 22.9. The van der Waals surface area contributed by atoms with Gasteiger partial charge in [-0.3, -0.25) is 0 Å². The molecule has 2 amide bonds. The summed E-state index contributed by atoms with van der Waals surface area (Å²) >= 11 is 0. The number of rotatable bonds is 4. The molecular weight excluding hydrogens is 288 g/mol. The van der Waals surface area contributed by atoms with Gasteiger partial charge in [-0.1, -0.05) is 37.5 Å². The Morgan fingerprint density at radius 2 is 1.86 bits per heavy atom. The largest absolute Gasteiger partial charge is 0.335 e. The van der Waals surface area contributed by atoms with Crippen LogP contribution in [0.25, 0.3) is 0 Å². The Morgan fingerprint density at radius 3 is 2.52 bits per heavy atom. The first kappa shape index (κ1) is 15.8. The van der Waals surface area contributed by atoms with E-state index in [9.17, 15) is 13.2 Å². The molecule has 0 spiro atoms. The maximum absolute atomic E-state index is 12.0. The van der Waals surface area contributed by atoms with Crippen LogP contribution in [0.1, 0.15) is 37.7 Å². The van der Waals surface area contributed by atoms with E-state index in [0.717, 1.165) is 25.7 Å². The lowest BCUT2D eigenvalue weighted by molar-refractivity contribution is 0.244. The molecule has 21 heavy (non-hydrogen) atoms. The third kappa shape index (κ3) is 5.38. The molecule has 0 bridgehead atoms. The summed E-state index contributed by atoms with van der Waals surface area (Å²) in [5.74, 6) is -0.0765. The van der Waals surface area contributed by atoms with Gasteiger partial charge >= 0.3 is 6.03 Å². The molecule has 0 unspecified atom stereocenters. The number of sulfone groups is 1. The van der Waals surface area contributed by atoms with Crippen LogP contribution in [0.3, 0.4) is 0 Å². The van der Waals surface area contributed by atoms with Crippen LogP contribution < -0.4 is 10.6 Å². The van der Waals surface area contributed by atoms with Gasteiger partial charge in [-0.05, 0) is 24.5 Å². The third-order valence-corrected chi connectivity index (χ3v) is 4.46. The summed E-state index contributed by atoms with van der Waals surface area (Å²) in [4.78, 5) is 12.0. The number of anilines is 1. The van der Waals surface area contributed by atoms with Crippen LogP contribution >= 0.6 is 0 Å². The number of carbonyl (C=O) groups is 1. The molecular formula is C15H22N2O3S. The minimum absolute atomic E-state index is 0.0765. The van der Waals surface area contributed by atoms with Crippen molar-refractivity contribution in [1.29, 1.82) is 0 Å². The Kier molecular flexibility index (Phi) is 5.22. The molecule has 1 aromatic rings. The van der Waals surface area contributed by atoms with Crippen molar-refractivity contribution in [3.8, 4) is 0 Å². The predicted octanol–water partition coefficient (Wildman–Crippen LogP) is 2.69. The van der Waals surface area contributed by atoms with Crippen molar-refractivity contribution in [1.82, 2.24) is 5.32 Å². The first-order valence-electron chi connectivity index (χ1n) is 7.27. The molecule has 6 heteroatoms. The van der Waals surface area contributed by atoms with Gasteiger partial charge in [0.25, 0.3) is 0 Å². The number of carbonyl (C=O) groups excluding carboxylic acids is 1. The molecule has 0 radical (unpaired) electrons. The standard InChI is InChI=1S/C15H22N2O3S/c1-21(19,20)11-12-7-5-6-10-14(12)17-15(18)16-13-8-3-2-4-9-13/h5-7,10,13H,2-4,8-9,11H2,1H3,(H2,16,17,18). The second-order valence-electron chi connectivity index (χ2n) is 5.66. The fourth-order valence-corrected chi connectivity index (χ4v) is 3.46. The topological polar surface area (TPSA) is 75.3 Å². The highest BCUT2D eigenvalue weighted by atomic mass is 32.2. The van der Waals surface area contributed by atoms with Gasteiger partial charge in [-0.2, -0.15) is 0 Å². The number of benzene rings is 1. The average Bonchev–Trinajstić information content (AvgIpc) is 2.40. The van der Waals surface area contributed by atoms with Gasteiger partial charge < -0.3 is 10.6 Å². The summed E-state index contributed by atoms with van der Waals surface area (Å²) in [7, 11) is -3.13. The number of urea groups is 1. The average molecular weight is 310 g/mol. The zero-order chi connectivity index (χ0) is 15.3. The lowest BCUT2D eigenvalue weighted by atomic mass is 9.96. The quantitative estimate of drug-likeness (QED) is 0.898. The second-order valence-corrected chi connectivity index (χ2v) is 7.80. The van der Waals surface area contributed by atoms with E-state index >= 15 is 0 Å².